The molecule has 19 heavy (non-hydrogen) atoms. The molecule has 2 N–H and O–H groups in total. The number of hydrogen-bond donors (Lipinski definition) is 2. The summed E-state index contributed by atoms with van der Waals surface area (Å²) >= 11 is 5.83. The van der Waals surface area contributed by atoms with E-state index in [2.05, 4.69) is 10.6 Å². The second-order valence-electron chi connectivity index (χ2n) is 4.27. The Kier molecular flexibility index (Phi) is 5.60. The maximum absolute atomic E-state index is 11.6. The SMILES string of the molecule is O=C(COCC1CNCCO1)Nc1cccc(Cl)c1. The normalized spacial score (nSPS) is 19.1. The Morgan fingerprint density at radius 3 is 3.21 bits per heavy atom. The van der Waals surface area contributed by atoms with Crippen molar-refractivity contribution < 1.29 is 14.3 Å². The molecule has 1 amide bonds. The second-order valence-corrected chi connectivity index (χ2v) is 4.71. The van der Waals surface area contributed by atoms with E-state index in [4.69, 9.17) is 21.1 Å². The van der Waals surface area contributed by atoms with Gasteiger partial charge in [0, 0.05) is 23.8 Å². The standard InChI is InChI=1S/C13H17ClN2O3/c14-10-2-1-3-11(6-10)16-13(17)9-18-8-12-7-15-4-5-19-12/h1-3,6,12,15H,4-5,7-9H2,(H,16,17). The largest absolute Gasteiger partial charge is 0.373 e. The van der Waals surface area contributed by atoms with Crippen molar-refractivity contribution in [2.75, 3.05) is 38.2 Å². The molecule has 0 aromatic heterocycles. The van der Waals surface area contributed by atoms with Crippen LogP contribution in [0.25, 0.3) is 0 Å². The zero-order valence-electron chi connectivity index (χ0n) is 10.5. The first-order valence-corrected chi connectivity index (χ1v) is 6.57. The number of nitrogens with one attached hydrogen (secondary N) is 2. The van der Waals surface area contributed by atoms with Gasteiger partial charge in [-0.05, 0) is 18.2 Å². The van der Waals surface area contributed by atoms with Crippen molar-refractivity contribution in [3.05, 3.63) is 29.3 Å². The molecule has 0 spiro atoms. The van der Waals surface area contributed by atoms with Gasteiger partial charge in [-0.1, -0.05) is 17.7 Å². The quantitative estimate of drug-likeness (QED) is 0.855. The van der Waals surface area contributed by atoms with Crippen LogP contribution >= 0.6 is 11.6 Å². The Bertz CT molecular complexity index is 422. The topological polar surface area (TPSA) is 59.6 Å². The van der Waals surface area contributed by atoms with Crippen LogP contribution in [0.15, 0.2) is 24.3 Å². The Balaban J connectivity index is 1.67. The molecule has 1 aromatic rings. The Morgan fingerprint density at radius 1 is 1.58 bits per heavy atom. The number of rotatable bonds is 5. The molecule has 1 fully saturated rings. The highest BCUT2D eigenvalue weighted by Crippen LogP contribution is 2.14. The third-order valence-corrected chi connectivity index (χ3v) is 2.88. The molecule has 2 rings (SSSR count). The fraction of sp³-hybridized carbons (Fsp3) is 0.462. The molecular formula is C13H17ClN2O3. The number of carbonyl (C=O) groups is 1. The lowest BCUT2D eigenvalue weighted by Crippen LogP contribution is -2.41. The predicted octanol–water partition coefficient (Wildman–Crippen LogP) is 1.28. The molecule has 5 nitrogen and oxygen atoms in total. The summed E-state index contributed by atoms with van der Waals surface area (Å²) in [4.78, 5) is 11.6. The van der Waals surface area contributed by atoms with Gasteiger partial charge in [-0.2, -0.15) is 0 Å². The summed E-state index contributed by atoms with van der Waals surface area (Å²) in [6.07, 6.45) is 0.0210. The van der Waals surface area contributed by atoms with Gasteiger partial charge in [0.05, 0.1) is 19.3 Å². The van der Waals surface area contributed by atoms with E-state index in [1.807, 2.05) is 0 Å². The molecule has 1 aromatic carbocycles. The highest BCUT2D eigenvalue weighted by atomic mass is 35.5. The van der Waals surface area contributed by atoms with Gasteiger partial charge in [-0.3, -0.25) is 4.79 Å². The molecule has 1 unspecified atom stereocenters. The van der Waals surface area contributed by atoms with Gasteiger partial charge in [0.1, 0.15) is 6.61 Å². The number of benzene rings is 1. The molecule has 0 saturated carbocycles. The van der Waals surface area contributed by atoms with Crippen molar-refractivity contribution in [3.63, 3.8) is 0 Å². The van der Waals surface area contributed by atoms with Crippen LogP contribution in [0.1, 0.15) is 0 Å². The lowest BCUT2D eigenvalue weighted by atomic mass is 10.3. The average molecular weight is 285 g/mol. The second kappa shape index (κ2) is 7.45. The molecule has 1 heterocycles. The van der Waals surface area contributed by atoms with E-state index in [9.17, 15) is 4.79 Å². The summed E-state index contributed by atoms with van der Waals surface area (Å²) in [6, 6.07) is 6.99. The van der Waals surface area contributed by atoms with E-state index in [-0.39, 0.29) is 18.6 Å². The molecule has 1 saturated heterocycles. The van der Waals surface area contributed by atoms with Crippen LogP contribution < -0.4 is 10.6 Å². The maximum Gasteiger partial charge on any atom is 0.250 e. The van der Waals surface area contributed by atoms with Gasteiger partial charge in [0.15, 0.2) is 0 Å². The van der Waals surface area contributed by atoms with Crippen molar-refractivity contribution in [1.29, 1.82) is 0 Å². The summed E-state index contributed by atoms with van der Waals surface area (Å²) in [7, 11) is 0. The van der Waals surface area contributed by atoms with Crippen LogP contribution in [-0.2, 0) is 14.3 Å². The number of anilines is 1. The third kappa shape index (κ3) is 5.16. The summed E-state index contributed by atoms with van der Waals surface area (Å²) in [5.41, 5.74) is 0.664. The van der Waals surface area contributed by atoms with Crippen LogP contribution in [0.3, 0.4) is 0 Å². The van der Waals surface area contributed by atoms with E-state index in [0.29, 0.717) is 23.9 Å². The van der Waals surface area contributed by atoms with Crippen molar-refractivity contribution in [2.45, 2.75) is 6.10 Å². The summed E-state index contributed by atoms with van der Waals surface area (Å²) in [5, 5.41) is 6.50. The van der Waals surface area contributed by atoms with Crippen LogP contribution in [0.5, 0.6) is 0 Å². The molecule has 0 radical (unpaired) electrons. The van der Waals surface area contributed by atoms with Gasteiger partial charge in [-0.15, -0.1) is 0 Å². The third-order valence-electron chi connectivity index (χ3n) is 2.65. The molecule has 0 bridgehead atoms. The van der Waals surface area contributed by atoms with Crippen LogP contribution in [0.2, 0.25) is 5.02 Å². The smallest absolute Gasteiger partial charge is 0.250 e. The zero-order valence-corrected chi connectivity index (χ0v) is 11.3. The van der Waals surface area contributed by atoms with Crippen LogP contribution in [-0.4, -0.2) is 44.9 Å². The molecule has 1 aliphatic rings. The fourth-order valence-electron chi connectivity index (χ4n) is 1.77. The number of hydrogen-bond acceptors (Lipinski definition) is 4. The Hall–Kier alpha value is -1.14. The van der Waals surface area contributed by atoms with Gasteiger partial charge in [0.2, 0.25) is 5.91 Å². The van der Waals surface area contributed by atoms with Crippen molar-refractivity contribution in [1.82, 2.24) is 5.32 Å². The number of carbonyl (C=O) groups excluding carboxylic acids is 1. The minimum atomic E-state index is -0.203. The minimum Gasteiger partial charge on any atom is -0.373 e. The molecule has 104 valence electrons. The molecule has 1 aliphatic heterocycles. The summed E-state index contributed by atoms with van der Waals surface area (Å²) in [6.45, 7) is 2.73. The van der Waals surface area contributed by atoms with Crippen LogP contribution in [0.4, 0.5) is 5.69 Å². The number of halogens is 1. The fourth-order valence-corrected chi connectivity index (χ4v) is 1.96. The number of morpholine rings is 1. The molecule has 6 heteroatoms. The first-order valence-electron chi connectivity index (χ1n) is 6.19. The molecule has 1 atom stereocenters. The molecular weight excluding hydrogens is 268 g/mol. The highest BCUT2D eigenvalue weighted by molar-refractivity contribution is 6.30. The van der Waals surface area contributed by atoms with Gasteiger partial charge < -0.3 is 20.1 Å². The predicted molar refractivity (Wildman–Crippen MR) is 73.5 cm³/mol. The minimum absolute atomic E-state index is 0.00632. The van der Waals surface area contributed by atoms with Gasteiger partial charge in [-0.25, -0.2) is 0 Å². The maximum atomic E-state index is 11.6. The summed E-state index contributed by atoms with van der Waals surface area (Å²) < 4.78 is 10.8. The van der Waals surface area contributed by atoms with E-state index in [1.54, 1.807) is 24.3 Å². The summed E-state index contributed by atoms with van der Waals surface area (Å²) in [5.74, 6) is -0.203. The van der Waals surface area contributed by atoms with Gasteiger partial charge in [0.25, 0.3) is 0 Å². The first kappa shape index (κ1) is 14.3. The zero-order chi connectivity index (χ0) is 13.5. The Morgan fingerprint density at radius 2 is 2.47 bits per heavy atom. The molecule has 0 aliphatic carbocycles. The van der Waals surface area contributed by atoms with E-state index in [1.165, 1.54) is 0 Å². The number of amides is 1. The monoisotopic (exact) mass is 284 g/mol. The van der Waals surface area contributed by atoms with E-state index in [0.717, 1.165) is 13.1 Å². The first-order chi connectivity index (χ1) is 9.24. The Labute approximate surface area is 117 Å². The van der Waals surface area contributed by atoms with Crippen LogP contribution in [0, 0.1) is 0 Å². The number of ether oxygens (including phenoxy) is 2. The van der Waals surface area contributed by atoms with Crippen molar-refractivity contribution in [2.24, 2.45) is 0 Å². The van der Waals surface area contributed by atoms with E-state index >= 15 is 0 Å². The van der Waals surface area contributed by atoms with Crippen molar-refractivity contribution >= 4 is 23.2 Å². The highest BCUT2D eigenvalue weighted by Gasteiger charge is 2.13. The van der Waals surface area contributed by atoms with E-state index < -0.39 is 0 Å². The van der Waals surface area contributed by atoms with Crippen molar-refractivity contribution in [3.8, 4) is 0 Å². The average Bonchev–Trinajstić information content (AvgIpc) is 2.40. The van der Waals surface area contributed by atoms with Gasteiger partial charge >= 0.3 is 0 Å². The lowest BCUT2D eigenvalue weighted by molar-refractivity contribution is -0.122. The lowest BCUT2D eigenvalue weighted by Gasteiger charge is -2.23.